The number of benzene rings is 1. The minimum Gasteiger partial charge on any atom is -0.490 e. The van der Waals surface area contributed by atoms with Crippen molar-refractivity contribution in [1.29, 1.82) is 0 Å². The number of rotatable bonds is 8. The average Bonchev–Trinajstić information content (AvgIpc) is 2.63. The molecule has 1 aromatic carbocycles. The number of hydrogen-bond acceptors (Lipinski definition) is 5. The zero-order valence-corrected chi connectivity index (χ0v) is 14.7. The summed E-state index contributed by atoms with van der Waals surface area (Å²) < 4.78 is 34.6. The lowest BCUT2D eigenvalue weighted by molar-refractivity contribution is -0.0514. The van der Waals surface area contributed by atoms with Crippen LogP contribution < -0.4 is 9.47 Å². The smallest absolute Gasteiger partial charge is 0.387 e. The summed E-state index contributed by atoms with van der Waals surface area (Å²) >= 11 is 0. The Morgan fingerprint density at radius 3 is 2.59 bits per heavy atom. The number of carboxylic acid groups (broad SMARTS) is 1. The van der Waals surface area contributed by atoms with Crippen molar-refractivity contribution in [3.8, 4) is 11.5 Å². The van der Waals surface area contributed by atoms with Crippen molar-refractivity contribution < 1.29 is 33.0 Å². The van der Waals surface area contributed by atoms with E-state index in [0.29, 0.717) is 5.56 Å². The molecule has 1 amide bonds. The fraction of sp³-hybridized carbons (Fsp3) is 0.278. The van der Waals surface area contributed by atoms with Gasteiger partial charge in [0.05, 0.1) is 6.61 Å². The Labute approximate surface area is 154 Å². The van der Waals surface area contributed by atoms with Crippen molar-refractivity contribution in [2.45, 2.75) is 20.1 Å². The van der Waals surface area contributed by atoms with Gasteiger partial charge in [-0.25, -0.2) is 9.78 Å². The highest BCUT2D eigenvalue weighted by Crippen LogP contribution is 2.30. The van der Waals surface area contributed by atoms with Crippen LogP contribution in [0.4, 0.5) is 8.78 Å². The van der Waals surface area contributed by atoms with Crippen LogP contribution in [-0.4, -0.2) is 47.1 Å². The summed E-state index contributed by atoms with van der Waals surface area (Å²) in [5.41, 5.74) is 0.567. The van der Waals surface area contributed by atoms with E-state index < -0.39 is 18.5 Å². The lowest BCUT2D eigenvalue weighted by atomic mass is 10.1. The van der Waals surface area contributed by atoms with Gasteiger partial charge >= 0.3 is 12.6 Å². The molecule has 9 heteroatoms. The number of amides is 1. The van der Waals surface area contributed by atoms with Gasteiger partial charge in [-0.15, -0.1) is 0 Å². The van der Waals surface area contributed by atoms with Crippen LogP contribution in [0.5, 0.6) is 11.5 Å². The number of pyridine rings is 1. The molecule has 2 rings (SSSR count). The lowest BCUT2D eigenvalue weighted by Gasteiger charge is -2.19. The normalized spacial score (nSPS) is 10.6. The maximum absolute atomic E-state index is 12.5. The number of carbonyl (C=O) groups excluding carboxylic acids is 1. The second-order valence-corrected chi connectivity index (χ2v) is 5.49. The second-order valence-electron chi connectivity index (χ2n) is 5.49. The third kappa shape index (κ3) is 5.37. The SMILES string of the molecule is CCOc1cc(CN(C)C(=O)c2ccnc(C(=O)O)c2)ccc1OC(F)F. The zero-order valence-electron chi connectivity index (χ0n) is 14.7. The van der Waals surface area contributed by atoms with Crippen molar-refractivity contribution >= 4 is 11.9 Å². The van der Waals surface area contributed by atoms with Gasteiger partial charge in [-0.1, -0.05) is 6.07 Å². The molecule has 27 heavy (non-hydrogen) atoms. The summed E-state index contributed by atoms with van der Waals surface area (Å²) in [6.45, 7) is -0.863. The molecule has 0 aliphatic carbocycles. The maximum atomic E-state index is 12.5. The fourth-order valence-electron chi connectivity index (χ4n) is 2.36. The van der Waals surface area contributed by atoms with E-state index in [1.807, 2.05) is 0 Å². The molecule has 0 saturated heterocycles. The Morgan fingerprint density at radius 1 is 1.22 bits per heavy atom. The standard InChI is InChI=1S/C18H18F2N2O5/c1-3-26-15-8-11(4-5-14(15)27-18(19)20)10-22(2)16(23)12-6-7-21-13(9-12)17(24)25/h4-9,18H,3,10H2,1-2H3,(H,24,25). The van der Waals surface area contributed by atoms with Gasteiger partial charge in [-0.3, -0.25) is 4.79 Å². The summed E-state index contributed by atoms with van der Waals surface area (Å²) in [7, 11) is 1.53. The third-order valence-electron chi connectivity index (χ3n) is 3.52. The molecule has 1 heterocycles. The Hall–Kier alpha value is -3.23. The summed E-state index contributed by atoms with van der Waals surface area (Å²) in [6, 6.07) is 7.00. The molecule has 1 aromatic heterocycles. The number of aromatic carboxylic acids is 1. The molecule has 1 N–H and O–H groups in total. The Morgan fingerprint density at radius 2 is 1.96 bits per heavy atom. The van der Waals surface area contributed by atoms with Gasteiger partial charge < -0.3 is 19.5 Å². The van der Waals surface area contributed by atoms with E-state index in [0.717, 1.165) is 0 Å². The number of carboxylic acids is 1. The minimum absolute atomic E-state index is 0.0928. The van der Waals surface area contributed by atoms with Crippen molar-refractivity contribution in [2.24, 2.45) is 0 Å². The van der Waals surface area contributed by atoms with Crippen molar-refractivity contribution in [2.75, 3.05) is 13.7 Å². The van der Waals surface area contributed by atoms with E-state index in [1.165, 1.54) is 42.4 Å². The molecule has 0 bridgehead atoms. The predicted molar refractivity (Wildman–Crippen MR) is 91.2 cm³/mol. The number of carbonyl (C=O) groups is 2. The van der Waals surface area contributed by atoms with Gasteiger partial charge in [0.15, 0.2) is 11.5 Å². The third-order valence-corrected chi connectivity index (χ3v) is 3.52. The Kier molecular flexibility index (Phi) is 6.64. The van der Waals surface area contributed by atoms with Crippen molar-refractivity contribution in [3.63, 3.8) is 0 Å². The van der Waals surface area contributed by atoms with Crippen LogP contribution in [0.3, 0.4) is 0 Å². The highest BCUT2D eigenvalue weighted by Gasteiger charge is 2.17. The van der Waals surface area contributed by atoms with Crippen LogP contribution >= 0.6 is 0 Å². The molecule has 7 nitrogen and oxygen atoms in total. The van der Waals surface area contributed by atoms with E-state index in [-0.39, 0.29) is 35.9 Å². The number of halogens is 2. The summed E-state index contributed by atoms with van der Waals surface area (Å²) in [5, 5.41) is 8.97. The average molecular weight is 380 g/mol. The van der Waals surface area contributed by atoms with E-state index in [2.05, 4.69) is 9.72 Å². The predicted octanol–water partition coefficient (Wildman–Crippen LogP) is 3.05. The number of nitrogens with zero attached hydrogens (tertiary/aromatic N) is 2. The number of ether oxygens (including phenoxy) is 2. The van der Waals surface area contributed by atoms with Gasteiger partial charge in [-0.05, 0) is 36.8 Å². The summed E-state index contributed by atoms with van der Waals surface area (Å²) in [4.78, 5) is 28.5. The highest BCUT2D eigenvalue weighted by molar-refractivity contribution is 5.96. The van der Waals surface area contributed by atoms with Gasteiger partial charge in [0.2, 0.25) is 0 Å². The summed E-state index contributed by atoms with van der Waals surface area (Å²) in [5.74, 6) is -1.59. The number of alkyl halides is 2. The van der Waals surface area contributed by atoms with E-state index in [4.69, 9.17) is 9.84 Å². The first-order valence-electron chi connectivity index (χ1n) is 7.97. The van der Waals surface area contributed by atoms with E-state index in [9.17, 15) is 18.4 Å². The molecular weight excluding hydrogens is 362 g/mol. The van der Waals surface area contributed by atoms with Crippen LogP contribution in [0.1, 0.15) is 33.3 Å². The van der Waals surface area contributed by atoms with Gasteiger partial charge in [0, 0.05) is 25.4 Å². The minimum atomic E-state index is -2.98. The quantitative estimate of drug-likeness (QED) is 0.757. The van der Waals surface area contributed by atoms with Crippen molar-refractivity contribution in [3.05, 3.63) is 53.3 Å². The van der Waals surface area contributed by atoms with E-state index in [1.54, 1.807) is 13.0 Å². The molecule has 2 aromatic rings. The van der Waals surface area contributed by atoms with Crippen LogP contribution in [0.15, 0.2) is 36.5 Å². The Bertz CT molecular complexity index is 829. The number of aromatic nitrogens is 1. The van der Waals surface area contributed by atoms with Crippen LogP contribution in [0.2, 0.25) is 0 Å². The second kappa shape index (κ2) is 8.93. The van der Waals surface area contributed by atoms with Gasteiger partial charge in [-0.2, -0.15) is 8.78 Å². The topological polar surface area (TPSA) is 89.0 Å². The molecule has 0 spiro atoms. The summed E-state index contributed by atoms with van der Waals surface area (Å²) in [6.07, 6.45) is 1.24. The first kappa shape index (κ1) is 20.1. The highest BCUT2D eigenvalue weighted by atomic mass is 19.3. The maximum Gasteiger partial charge on any atom is 0.387 e. The Balaban J connectivity index is 2.17. The van der Waals surface area contributed by atoms with Gasteiger partial charge in [0.1, 0.15) is 5.69 Å². The van der Waals surface area contributed by atoms with Crippen molar-refractivity contribution in [1.82, 2.24) is 9.88 Å². The monoisotopic (exact) mass is 380 g/mol. The van der Waals surface area contributed by atoms with Crippen LogP contribution in [0, 0.1) is 0 Å². The molecule has 0 unspecified atom stereocenters. The first-order valence-corrected chi connectivity index (χ1v) is 7.97. The zero-order chi connectivity index (χ0) is 20.0. The molecule has 144 valence electrons. The first-order chi connectivity index (χ1) is 12.8. The molecule has 0 aliphatic rings. The van der Waals surface area contributed by atoms with Crippen LogP contribution in [0.25, 0.3) is 0 Å². The largest absolute Gasteiger partial charge is 0.490 e. The molecule has 0 atom stereocenters. The molecule has 0 fully saturated rings. The van der Waals surface area contributed by atoms with Crippen LogP contribution in [-0.2, 0) is 6.54 Å². The molecule has 0 saturated carbocycles. The molecule has 0 radical (unpaired) electrons. The molecular formula is C18H18F2N2O5. The lowest BCUT2D eigenvalue weighted by Crippen LogP contribution is -2.26. The fourth-order valence-corrected chi connectivity index (χ4v) is 2.36. The molecule has 0 aliphatic heterocycles. The van der Waals surface area contributed by atoms with Gasteiger partial charge in [0.25, 0.3) is 5.91 Å². The number of hydrogen-bond donors (Lipinski definition) is 1. The van der Waals surface area contributed by atoms with E-state index >= 15 is 0 Å².